The number of hydrogen-bond acceptors (Lipinski definition) is 1. The van der Waals surface area contributed by atoms with E-state index >= 15 is 0 Å². The largest absolute Gasteiger partial charge is 0.362 e. The van der Waals surface area contributed by atoms with E-state index in [4.69, 9.17) is 16.3 Å². The molecule has 0 aromatic carbocycles. The fourth-order valence-corrected chi connectivity index (χ4v) is 0.920. The first kappa shape index (κ1) is 12.2. The first-order valence-electron chi connectivity index (χ1n) is 4.62. The Balaban J connectivity index is 3.64. The molecule has 0 saturated heterocycles. The van der Waals surface area contributed by atoms with E-state index in [2.05, 4.69) is 34.6 Å². The Bertz CT molecular complexity index is 117. The van der Waals surface area contributed by atoms with Crippen LogP contribution in [0.2, 0.25) is 0 Å². The molecule has 1 nitrogen and oxygen atoms in total. The zero-order valence-electron chi connectivity index (χ0n) is 8.86. The molecule has 0 aliphatic heterocycles. The van der Waals surface area contributed by atoms with Crippen molar-refractivity contribution in [1.29, 1.82) is 0 Å². The number of rotatable bonds is 4. The quantitative estimate of drug-likeness (QED) is 0.618. The molecule has 0 saturated carbocycles. The second-order valence-electron chi connectivity index (χ2n) is 4.61. The van der Waals surface area contributed by atoms with E-state index in [1.807, 2.05) is 0 Å². The lowest BCUT2D eigenvalue weighted by Crippen LogP contribution is -2.22. The van der Waals surface area contributed by atoms with Gasteiger partial charge < -0.3 is 4.74 Å². The third-order valence-electron chi connectivity index (χ3n) is 1.77. The molecule has 0 aliphatic carbocycles. The molecule has 0 bridgehead atoms. The third kappa shape index (κ3) is 5.84. The van der Waals surface area contributed by atoms with Crippen molar-refractivity contribution in [2.45, 2.75) is 46.6 Å². The van der Waals surface area contributed by atoms with Gasteiger partial charge in [-0.3, -0.25) is 0 Å². The lowest BCUT2D eigenvalue weighted by Gasteiger charge is -2.23. The zero-order valence-corrected chi connectivity index (χ0v) is 9.61. The highest BCUT2D eigenvalue weighted by Gasteiger charge is 2.17. The molecule has 12 heavy (non-hydrogen) atoms. The Hall–Kier alpha value is 0.250. The van der Waals surface area contributed by atoms with Crippen molar-refractivity contribution in [3.63, 3.8) is 0 Å². The van der Waals surface area contributed by atoms with Crippen molar-refractivity contribution in [2.75, 3.05) is 6.61 Å². The van der Waals surface area contributed by atoms with Gasteiger partial charge in [-0.1, -0.05) is 46.2 Å². The second-order valence-corrected chi connectivity index (χ2v) is 5.04. The summed E-state index contributed by atoms with van der Waals surface area (Å²) in [5, 5.41) is 0. The maximum atomic E-state index is 6.02. The molecule has 2 unspecified atom stereocenters. The summed E-state index contributed by atoms with van der Waals surface area (Å²) in [6, 6.07) is 0. The summed E-state index contributed by atoms with van der Waals surface area (Å²) in [6.07, 6.45) is 1.07. The predicted octanol–water partition coefficient (Wildman–Crippen LogP) is 3.66. The van der Waals surface area contributed by atoms with Gasteiger partial charge in [0.25, 0.3) is 0 Å². The second kappa shape index (κ2) is 5.08. The molecule has 0 fully saturated rings. The van der Waals surface area contributed by atoms with Crippen molar-refractivity contribution in [3.05, 3.63) is 0 Å². The van der Waals surface area contributed by atoms with E-state index in [1.54, 1.807) is 0 Å². The number of halogens is 1. The van der Waals surface area contributed by atoms with Crippen LogP contribution < -0.4 is 0 Å². The van der Waals surface area contributed by atoms with Gasteiger partial charge in [0.05, 0.1) is 6.61 Å². The summed E-state index contributed by atoms with van der Waals surface area (Å²) in [5.41, 5.74) is 0.0786. The van der Waals surface area contributed by atoms with Crippen molar-refractivity contribution in [1.82, 2.24) is 0 Å². The van der Waals surface area contributed by atoms with Crippen LogP contribution in [0, 0.1) is 11.3 Å². The molecule has 0 N–H and O–H groups in total. The normalized spacial score (nSPS) is 17.5. The Labute approximate surface area is 81.4 Å². The highest BCUT2D eigenvalue weighted by Crippen LogP contribution is 2.20. The number of ether oxygens (including phenoxy) is 1. The molecule has 0 amide bonds. The summed E-state index contributed by atoms with van der Waals surface area (Å²) in [6.45, 7) is 11.4. The minimum atomic E-state index is -0.130. The van der Waals surface area contributed by atoms with Crippen LogP contribution in [0.3, 0.4) is 0 Å². The summed E-state index contributed by atoms with van der Waals surface area (Å²) in [7, 11) is 0. The van der Waals surface area contributed by atoms with Gasteiger partial charge in [0.2, 0.25) is 0 Å². The molecule has 0 aromatic heterocycles. The standard InChI is InChI=1S/C10H21ClO/c1-6-8(2)9(11)12-7-10(3,4)5/h8-9H,6-7H2,1-5H3. The van der Waals surface area contributed by atoms with Crippen molar-refractivity contribution in [2.24, 2.45) is 11.3 Å². The summed E-state index contributed by atoms with van der Waals surface area (Å²) in [5.74, 6) is 0.439. The van der Waals surface area contributed by atoms with Crippen molar-refractivity contribution < 1.29 is 4.74 Å². The van der Waals surface area contributed by atoms with Crippen LogP contribution >= 0.6 is 11.6 Å². The maximum Gasteiger partial charge on any atom is 0.133 e. The Kier molecular flexibility index (Phi) is 5.19. The number of alkyl halides is 1. The topological polar surface area (TPSA) is 9.23 Å². The lowest BCUT2D eigenvalue weighted by atomic mass is 9.98. The molecule has 0 rings (SSSR count). The van der Waals surface area contributed by atoms with Gasteiger partial charge in [-0.2, -0.15) is 0 Å². The van der Waals surface area contributed by atoms with Crippen LogP contribution in [0.15, 0.2) is 0 Å². The molecule has 74 valence electrons. The van der Waals surface area contributed by atoms with E-state index in [-0.39, 0.29) is 11.0 Å². The Morgan fingerprint density at radius 3 is 2.17 bits per heavy atom. The molecule has 0 aromatic rings. The molecule has 0 radical (unpaired) electrons. The maximum absolute atomic E-state index is 6.02. The average Bonchev–Trinajstić information content (AvgIpc) is 1.97. The Morgan fingerprint density at radius 2 is 1.83 bits per heavy atom. The molecule has 0 spiro atoms. The van der Waals surface area contributed by atoms with E-state index in [0.717, 1.165) is 13.0 Å². The van der Waals surface area contributed by atoms with Crippen LogP contribution in [0.25, 0.3) is 0 Å². The molecular formula is C10H21ClO. The van der Waals surface area contributed by atoms with Crippen LogP contribution in [0.4, 0.5) is 0 Å². The van der Waals surface area contributed by atoms with Gasteiger partial charge >= 0.3 is 0 Å². The smallest absolute Gasteiger partial charge is 0.133 e. The van der Waals surface area contributed by atoms with Crippen LogP contribution in [-0.4, -0.2) is 12.2 Å². The van der Waals surface area contributed by atoms with E-state index in [0.29, 0.717) is 5.92 Å². The minimum absolute atomic E-state index is 0.130. The predicted molar refractivity (Wildman–Crippen MR) is 54.5 cm³/mol. The monoisotopic (exact) mass is 192 g/mol. The molecule has 0 aliphatic rings. The van der Waals surface area contributed by atoms with Gasteiger partial charge in [0.15, 0.2) is 0 Å². The molecule has 2 atom stereocenters. The highest BCUT2D eigenvalue weighted by molar-refractivity contribution is 6.19. The first-order chi connectivity index (χ1) is 5.37. The average molecular weight is 193 g/mol. The summed E-state index contributed by atoms with van der Waals surface area (Å²) in [4.78, 5) is 0. The van der Waals surface area contributed by atoms with E-state index < -0.39 is 0 Å². The molecule has 0 heterocycles. The number of hydrogen-bond donors (Lipinski definition) is 0. The summed E-state index contributed by atoms with van der Waals surface area (Å²) < 4.78 is 5.52. The van der Waals surface area contributed by atoms with E-state index in [1.165, 1.54) is 0 Å². The third-order valence-corrected chi connectivity index (χ3v) is 2.32. The van der Waals surface area contributed by atoms with Crippen LogP contribution in [-0.2, 0) is 4.74 Å². The highest BCUT2D eigenvalue weighted by atomic mass is 35.5. The van der Waals surface area contributed by atoms with Crippen LogP contribution in [0.1, 0.15) is 41.0 Å². The zero-order chi connectivity index (χ0) is 9.78. The van der Waals surface area contributed by atoms with Gasteiger partial charge in [-0.25, -0.2) is 0 Å². The van der Waals surface area contributed by atoms with Gasteiger partial charge in [-0.05, 0) is 17.8 Å². The first-order valence-corrected chi connectivity index (χ1v) is 5.06. The molecular weight excluding hydrogens is 172 g/mol. The van der Waals surface area contributed by atoms with Gasteiger partial charge in [-0.15, -0.1) is 0 Å². The van der Waals surface area contributed by atoms with Crippen molar-refractivity contribution >= 4 is 11.6 Å². The Morgan fingerprint density at radius 1 is 1.33 bits per heavy atom. The minimum Gasteiger partial charge on any atom is -0.362 e. The van der Waals surface area contributed by atoms with Crippen LogP contribution in [0.5, 0.6) is 0 Å². The van der Waals surface area contributed by atoms with Gasteiger partial charge in [0, 0.05) is 0 Å². The SMILES string of the molecule is CCC(C)C(Cl)OCC(C)(C)C. The molecule has 2 heteroatoms. The fourth-order valence-electron chi connectivity index (χ4n) is 0.679. The fraction of sp³-hybridized carbons (Fsp3) is 1.00. The van der Waals surface area contributed by atoms with Crippen molar-refractivity contribution in [3.8, 4) is 0 Å². The van der Waals surface area contributed by atoms with E-state index in [9.17, 15) is 0 Å². The van der Waals surface area contributed by atoms with Gasteiger partial charge in [0.1, 0.15) is 5.56 Å². The summed E-state index contributed by atoms with van der Waals surface area (Å²) >= 11 is 6.02. The lowest BCUT2D eigenvalue weighted by molar-refractivity contribution is 0.0254.